The lowest BCUT2D eigenvalue weighted by Gasteiger charge is -2.17. The van der Waals surface area contributed by atoms with Gasteiger partial charge in [0.1, 0.15) is 11.9 Å². The second kappa shape index (κ2) is 5.12. The number of hydrogen-bond acceptors (Lipinski definition) is 3. The minimum absolute atomic E-state index is 0.613. The topological polar surface area (TPSA) is 29.5 Å². The number of benzene rings is 1. The molecule has 0 aliphatic carbocycles. The number of ether oxygens (including phenoxy) is 1. The van der Waals surface area contributed by atoms with E-state index < -0.39 is 6.10 Å². The van der Waals surface area contributed by atoms with E-state index in [4.69, 9.17) is 4.74 Å². The van der Waals surface area contributed by atoms with E-state index in [1.54, 1.807) is 18.4 Å². The van der Waals surface area contributed by atoms with Crippen LogP contribution >= 0.6 is 11.3 Å². The van der Waals surface area contributed by atoms with Crippen molar-refractivity contribution in [2.24, 2.45) is 0 Å². The van der Waals surface area contributed by atoms with Crippen LogP contribution in [0.4, 0.5) is 0 Å². The van der Waals surface area contributed by atoms with Gasteiger partial charge in [-0.15, -0.1) is 11.3 Å². The molecule has 0 bridgehead atoms. The molecule has 96 valence electrons. The van der Waals surface area contributed by atoms with Crippen LogP contribution in [-0.2, 0) is 0 Å². The van der Waals surface area contributed by atoms with E-state index >= 15 is 0 Å². The van der Waals surface area contributed by atoms with Crippen LogP contribution in [-0.4, -0.2) is 12.2 Å². The molecule has 3 heteroatoms. The molecule has 0 amide bonds. The number of methoxy groups -OCH3 is 1. The van der Waals surface area contributed by atoms with Crippen LogP contribution in [0.3, 0.4) is 0 Å². The van der Waals surface area contributed by atoms with Crippen molar-refractivity contribution in [2.75, 3.05) is 7.11 Å². The van der Waals surface area contributed by atoms with Gasteiger partial charge in [-0.3, -0.25) is 0 Å². The van der Waals surface area contributed by atoms with Crippen molar-refractivity contribution in [2.45, 2.75) is 26.9 Å². The minimum atomic E-state index is -0.613. The zero-order valence-electron chi connectivity index (χ0n) is 11.2. The van der Waals surface area contributed by atoms with Crippen LogP contribution in [0.15, 0.2) is 24.3 Å². The molecule has 0 fully saturated rings. The molecule has 0 saturated heterocycles. The van der Waals surface area contributed by atoms with Crippen molar-refractivity contribution in [3.05, 3.63) is 50.7 Å². The maximum Gasteiger partial charge on any atom is 0.128 e. The number of hydrogen-bond donors (Lipinski definition) is 1. The Balaban J connectivity index is 2.48. The number of rotatable bonds is 3. The van der Waals surface area contributed by atoms with Crippen LogP contribution in [0.1, 0.15) is 32.5 Å². The number of aryl methyl sites for hydroxylation is 2. The van der Waals surface area contributed by atoms with E-state index in [0.717, 1.165) is 21.8 Å². The molecule has 2 aromatic rings. The monoisotopic (exact) mass is 262 g/mol. The quantitative estimate of drug-likeness (QED) is 0.912. The first-order valence-corrected chi connectivity index (χ1v) is 6.74. The Labute approximate surface area is 112 Å². The van der Waals surface area contributed by atoms with Gasteiger partial charge < -0.3 is 9.84 Å². The average molecular weight is 262 g/mol. The van der Waals surface area contributed by atoms with Gasteiger partial charge in [-0.05, 0) is 44.0 Å². The van der Waals surface area contributed by atoms with E-state index in [1.807, 2.05) is 45.0 Å². The molecule has 1 aromatic carbocycles. The second-order valence-corrected chi connectivity index (χ2v) is 5.80. The first-order valence-electron chi connectivity index (χ1n) is 5.93. The summed E-state index contributed by atoms with van der Waals surface area (Å²) in [4.78, 5) is 2.15. The van der Waals surface area contributed by atoms with Gasteiger partial charge in [0.25, 0.3) is 0 Å². The molecule has 2 nitrogen and oxygen atoms in total. The van der Waals surface area contributed by atoms with Gasteiger partial charge in [0, 0.05) is 15.3 Å². The molecule has 1 unspecified atom stereocenters. The molecule has 1 atom stereocenters. The molecule has 0 saturated carbocycles. The van der Waals surface area contributed by atoms with Crippen LogP contribution in [0.5, 0.6) is 5.75 Å². The van der Waals surface area contributed by atoms with E-state index in [9.17, 15) is 5.11 Å². The average Bonchev–Trinajstić information content (AvgIpc) is 2.78. The number of aliphatic hydroxyl groups is 1. The summed E-state index contributed by atoms with van der Waals surface area (Å²) in [6, 6.07) is 7.97. The van der Waals surface area contributed by atoms with Crippen molar-refractivity contribution in [3.8, 4) is 5.75 Å². The van der Waals surface area contributed by atoms with Crippen LogP contribution in [0, 0.1) is 20.8 Å². The Bertz CT molecular complexity index is 558. The molecule has 2 rings (SSSR count). The first kappa shape index (κ1) is 13.1. The Morgan fingerprint density at radius 1 is 1.11 bits per heavy atom. The zero-order valence-corrected chi connectivity index (χ0v) is 12.0. The lowest BCUT2D eigenvalue weighted by atomic mass is 10.00. The van der Waals surface area contributed by atoms with Crippen molar-refractivity contribution >= 4 is 11.3 Å². The molecule has 18 heavy (non-hydrogen) atoms. The summed E-state index contributed by atoms with van der Waals surface area (Å²) in [5, 5.41) is 10.5. The summed E-state index contributed by atoms with van der Waals surface area (Å²) in [6.07, 6.45) is -0.613. The first-order chi connectivity index (χ1) is 8.54. The highest BCUT2D eigenvalue weighted by molar-refractivity contribution is 7.12. The molecule has 0 aliphatic heterocycles. The van der Waals surface area contributed by atoms with Gasteiger partial charge in [-0.25, -0.2) is 0 Å². The predicted molar refractivity (Wildman–Crippen MR) is 75.6 cm³/mol. The fourth-order valence-corrected chi connectivity index (χ4v) is 2.93. The minimum Gasteiger partial charge on any atom is -0.496 e. The molecule has 1 N–H and O–H groups in total. The third-order valence-corrected chi connectivity index (χ3v) is 4.29. The fourth-order valence-electron chi connectivity index (χ4n) is 2.05. The highest BCUT2D eigenvalue weighted by Crippen LogP contribution is 2.36. The van der Waals surface area contributed by atoms with Crippen molar-refractivity contribution in [1.29, 1.82) is 0 Å². The zero-order chi connectivity index (χ0) is 13.3. The van der Waals surface area contributed by atoms with Crippen molar-refractivity contribution < 1.29 is 9.84 Å². The Morgan fingerprint density at radius 2 is 1.83 bits per heavy atom. The Hall–Kier alpha value is -1.32. The van der Waals surface area contributed by atoms with Gasteiger partial charge in [0.15, 0.2) is 0 Å². The highest BCUT2D eigenvalue weighted by atomic mass is 32.1. The third-order valence-electron chi connectivity index (χ3n) is 3.24. The van der Waals surface area contributed by atoms with Crippen LogP contribution < -0.4 is 4.74 Å². The molecule has 0 radical (unpaired) electrons. The summed E-state index contributed by atoms with van der Waals surface area (Å²) < 4.78 is 5.45. The molecular formula is C15H18O2S. The van der Waals surface area contributed by atoms with Crippen LogP contribution in [0.2, 0.25) is 0 Å². The summed E-state index contributed by atoms with van der Waals surface area (Å²) in [7, 11) is 1.65. The Kier molecular flexibility index (Phi) is 3.73. The summed E-state index contributed by atoms with van der Waals surface area (Å²) in [6.45, 7) is 6.10. The Morgan fingerprint density at radius 3 is 2.39 bits per heavy atom. The van der Waals surface area contributed by atoms with Crippen molar-refractivity contribution in [1.82, 2.24) is 0 Å². The lowest BCUT2D eigenvalue weighted by molar-refractivity contribution is 0.218. The van der Waals surface area contributed by atoms with Gasteiger partial charge in [0.2, 0.25) is 0 Å². The maximum absolute atomic E-state index is 10.5. The molecule has 1 aromatic heterocycles. The maximum atomic E-state index is 10.5. The third kappa shape index (κ3) is 2.28. The van der Waals surface area contributed by atoms with Gasteiger partial charge >= 0.3 is 0 Å². The number of aliphatic hydroxyl groups excluding tert-OH is 1. The lowest BCUT2D eigenvalue weighted by Crippen LogP contribution is -2.03. The molecule has 1 heterocycles. The van der Waals surface area contributed by atoms with Gasteiger partial charge in [0.05, 0.1) is 7.11 Å². The second-order valence-electron chi connectivity index (χ2n) is 4.48. The standard InChI is InChI=1S/C15H18O2S/c1-9-5-7-12(15(17-4)11(9)3)14(16)13-8-6-10(2)18-13/h5-8,14,16H,1-4H3. The van der Waals surface area contributed by atoms with E-state index in [-0.39, 0.29) is 0 Å². The molecular weight excluding hydrogens is 244 g/mol. The van der Waals surface area contributed by atoms with Crippen molar-refractivity contribution in [3.63, 3.8) is 0 Å². The molecule has 0 aliphatic rings. The van der Waals surface area contributed by atoms with E-state index in [2.05, 4.69) is 0 Å². The number of thiophene rings is 1. The highest BCUT2D eigenvalue weighted by Gasteiger charge is 2.19. The summed E-state index contributed by atoms with van der Waals surface area (Å²) in [5.74, 6) is 0.786. The van der Waals surface area contributed by atoms with E-state index in [1.165, 1.54) is 10.4 Å². The van der Waals surface area contributed by atoms with E-state index in [0.29, 0.717) is 0 Å². The summed E-state index contributed by atoms with van der Waals surface area (Å²) in [5.41, 5.74) is 3.09. The normalized spacial score (nSPS) is 12.5. The summed E-state index contributed by atoms with van der Waals surface area (Å²) >= 11 is 1.61. The largest absolute Gasteiger partial charge is 0.496 e. The fraction of sp³-hybridized carbons (Fsp3) is 0.333. The van der Waals surface area contributed by atoms with Gasteiger partial charge in [-0.1, -0.05) is 12.1 Å². The smallest absolute Gasteiger partial charge is 0.128 e. The van der Waals surface area contributed by atoms with Gasteiger partial charge in [-0.2, -0.15) is 0 Å². The predicted octanol–water partition coefficient (Wildman–Crippen LogP) is 3.76. The SMILES string of the molecule is COc1c(C(O)c2ccc(C)s2)ccc(C)c1C. The molecule has 0 spiro atoms. The van der Waals surface area contributed by atoms with Crippen LogP contribution in [0.25, 0.3) is 0 Å².